The summed E-state index contributed by atoms with van der Waals surface area (Å²) in [4.78, 5) is 13.4. The Morgan fingerprint density at radius 1 is 1.14 bits per heavy atom. The van der Waals surface area contributed by atoms with Crippen LogP contribution in [0.15, 0.2) is 17.8 Å². The fourth-order valence-electron chi connectivity index (χ4n) is 2.02. The molecule has 21 heavy (non-hydrogen) atoms. The van der Waals surface area contributed by atoms with Crippen LogP contribution in [-0.2, 0) is 4.79 Å². The van der Waals surface area contributed by atoms with Crippen LogP contribution in [0.3, 0.4) is 0 Å². The molecule has 0 bridgehead atoms. The number of ether oxygens (including phenoxy) is 3. The van der Waals surface area contributed by atoms with Gasteiger partial charge in [-0.15, -0.1) is 0 Å². The molecule has 1 aliphatic heterocycles. The highest BCUT2D eigenvalue weighted by Gasteiger charge is 2.27. The van der Waals surface area contributed by atoms with Crippen LogP contribution in [0, 0.1) is 0 Å². The molecular weight excluding hydrogens is 292 g/mol. The average molecular weight is 308 g/mol. The third-order valence-corrected chi connectivity index (χ3v) is 3.49. The number of thiocarbonyl (C=S) groups is 1. The maximum atomic E-state index is 12.0. The topological polar surface area (TPSA) is 60.0 Å². The minimum Gasteiger partial charge on any atom is -0.493 e. The van der Waals surface area contributed by atoms with Crippen LogP contribution in [0.25, 0.3) is 6.08 Å². The SMILES string of the molecule is COc1ccc(/C=C2/NC(=S)N(C)C2=O)c(OC)c1OC. The quantitative estimate of drug-likeness (QED) is 0.670. The van der Waals surface area contributed by atoms with Gasteiger partial charge in [0.15, 0.2) is 16.6 Å². The highest BCUT2D eigenvalue weighted by Crippen LogP contribution is 2.40. The largest absolute Gasteiger partial charge is 0.493 e. The van der Waals surface area contributed by atoms with Crippen molar-refractivity contribution in [3.63, 3.8) is 0 Å². The summed E-state index contributed by atoms with van der Waals surface area (Å²) < 4.78 is 15.9. The Morgan fingerprint density at radius 2 is 1.81 bits per heavy atom. The molecule has 6 nitrogen and oxygen atoms in total. The molecule has 0 atom stereocenters. The van der Waals surface area contributed by atoms with Gasteiger partial charge in [-0.2, -0.15) is 0 Å². The van der Waals surface area contributed by atoms with Crippen LogP contribution < -0.4 is 19.5 Å². The Balaban J connectivity index is 2.50. The molecule has 1 N–H and O–H groups in total. The van der Waals surface area contributed by atoms with Crippen molar-refractivity contribution >= 4 is 29.3 Å². The zero-order valence-corrected chi connectivity index (χ0v) is 13.0. The molecule has 1 fully saturated rings. The molecule has 1 heterocycles. The van der Waals surface area contributed by atoms with E-state index in [4.69, 9.17) is 26.4 Å². The molecular formula is C14H16N2O4S. The second-order valence-electron chi connectivity index (χ2n) is 4.28. The van der Waals surface area contributed by atoms with E-state index in [0.717, 1.165) is 0 Å². The van der Waals surface area contributed by atoms with Crippen LogP contribution in [0.5, 0.6) is 17.2 Å². The van der Waals surface area contributed by atoms with Crippen LogP contribution in [0.1, 0.15) is 5.56 Å². The molecule has 1 aromatic carbocycles. The minimum absolute atomic E-state index is 0.197. The number of hydrogen-bond acceptors (Lipinski definition) is 5. The van der Waals surface area contributed by atoms with E-state index in [1.165, 1.54) is 19.1 Å². The normalized spacial score (nSPS) is 16.2. The summed E-state index contributed by atoms with van der Waals surface area (Å²) in [7, 11) is 6.22. The lowest BCUT2D eigenvalue weighted by atomic mass is 10.1. The number of hydrogen-bond donors (Lipinski definition) is 1. The Bertz CT molecular complexity index is 628. The number of amides is 1. The summed E-state index contributed by atoms with van der Waals surface area (Å²) in [5.41, 5.74) is 1.07. The van der Waals surface area contributed by atoms with E-state index in [-0.39, 0.29) is 5.91 Å². The van der Waals surface area contributed by atoms with Gasteiger partial charge in [0.25, 0.3) is 5.91 Å². The second kappa shape index (κ2) is 6.01. The van der Waals surface area contributed by atoms with Gasteiger partial charge in [-0.05, 0) is 30.4 Å². The molecule has 0 spiro atoms. The summed E-state index contributed by atoms with van der Waals surface area (Å²) in [6.45, 7) is 0. The Morgan fingerprint density at radius 3 is 2.29 bits per heavy atom. The summed E-state index contributed by atoms with van der Waals surface area (Å²) in [6, 6.07) is 3.53. The number of carbonyl (C=O) groups is 1. The summed E-state index contributed by atoms with van der Waals surface area (Å²) in [6.07, 6.45) is 1.67. The van der Waals surface area contributed by atoms with Crippen molar-refractivity contribution in [3.05, 3.63) is 23.4 Å². The number of likely N-dealkylation sites (N-methyl/N-ethyl adjacent to an activating group) is 1. The van der Waals surface area contributed by atoms with E-state index in [2.05, 4.69) is 5.32 Å². The number of nitrogens with one attached hydrogen (secondary N) is 1. The van der Waals surface area contributed by atoms with Gasteiger partial charge in [-0.25, -0.2) is 0 Å². The number of rotatable bonds is 4. The van der Waals surface area contributed by atoms with E-state index in [0.29, 0.717) is 33.6 Å². The molecule has 2 rings (SSSR count). The van der Waals surface area contributed by atoms with Crippen molar-refractivity contribution in [2.45, 2.75) is 0 Å². The monoisotopic (exact) mass is 308 g/mol. The van der Waals surface area contributed by atoms with Crippen molar-refractivity contribution < 1.29 is 19.0 Å². The maximum Gasteiger partial charge on any atom is 0.276 e. The third kappa shape index (κ3) is 2.64. The standard InChI is InChI=1S/C14H16N2O4S/c1-16-13(17)9(15-14(16)21)7-8-5-6-10(18-2)12(20-4)11(8)19-3/h5-7H,1-4H3,(H,15,21)/b9-7+. The highest BCUT2D eigenvalue weighted by molar-refractivity contribution is 7.80. The zero-order valence-electron chi connectivity index (χ0n) is 12.2. The first-order chi connectivity index (χ1) is 10.0. The zero-order chi connectivity index (χ0) is 15.6. The molecule has 0 radical (unpaired) electrons. The van der Waals surface area contributed by atoms with Gasteiger partial charge in [0.1, 0.15) is 5.70 Å². The number of benzene rings is 1. The molecule has 1 saturated heterocycles. The van der Waals surface area contributed by atoms with E-state index in [9.17, 15) is 4.79 Å². The van der Waals surface area contributed by atoms with Crippen molar-refractivity contribution in [3.8, 4) is 17.2 Å². The first-order valence-corrected chi connectivity index (χ1v) is 6.54. The second-order valence-corrected chi connectivity index (χ2v) is 4.66. The van der Waals surface area contributed by atoms with Crippen molar-refractivity contribution in [1.29, 1.82) is 0 Å². The Kier molecular flexibility index (Phi) is 4.32. The van der Waals surface area contributed by atoms with Gasteiger partial charge < -0.3 is 19.5 Å². The van der Waals surface area contributed by atoms with Crippen molar-refractivity contribution in [2.75, 3.05) is 28.4 Å². The van der Waals surface area contributed by atoms with Gasteiger partial charge in [-0.1, -0.05) is 0 Å². The highest BCUT2D eigenvalue weighted by atomic mass is 32.1. The lowest BCUT2D eigenvalue weighted by Crippen LogP contribution is -2.25. The van der Waals surface area contributed by atoms with Crippen LogP contribution in [0.2, 0.25) is 0 Å². The van der Waals surface area contributed by atoms with Crippen LogP contribution in [0.4, 0.5) is 0 Å². The minimum atomic E-state index is -0.197. The Hall–Kier alpha value is -2.28. The average Bonchev–Trinajstić information content (AvgIpc) is 2.73. The summed E-state index contributed by atoms with van der Waals surface area (Å²) in [5.74, 6) is 1.31. The van der Waals surface area contributed by atoms with Crippen LogP contribution >= 0.6 is 12.2 Å². The van der Waals surface area contributed by atoms with E-state index < -0.39 is 0 Å². The third-order valence-electron chi connectivity index (χ3n) is 3.12. The maximum absolute atomic E-state index is 12.0. The van der Waals surface area contributed by atoms with Crippen molar-refractivity contribution in [1.82, 2.24) is 10.2 Å². The molecule has 1 aromatic rings. The van der Waals surface area contributed by atoms with E-state index in [1.54, 1.807) is 32.4 Å². The van der Waals surface area contributed by atoms with Crippen molar-refractivity contribution in [2.24, 2.45) is 0 Å². The molecule has 7 heteroatoms. The summed E-state index contributed by atoms with van der Waals surface area (Å²) >= 11 is 5.04. The molecule has 0 aromatic heterocycles. The molecule has 0 saturated carbocycles. The van der Waals surface area contributed by atoms with E-state index in [1.807, 2.05) is 0 Å². The predicted molar refractivity (Wildman–Crippen MR) is 82.6 cm³/mol. The molecule has 1 aliphatic rings. The molecule has 0 unspecified atom stereocenters. The van der Waals surface area contributed by atoms with Gasteiger partial charge in [0.05, 0.1) is 21.3 Å². The number of carbonyl (C=O) groups excluding carboxylic acids is 1. The fourth-order valence-corrected chi connectivity index (χ4v) is 2.21. The predicted octanol–water partition coefficient (Wildman–Crippen LogP) is 1.40. The lowest BCUT2D eigenvalue weighted by molar-refractivity contribution is -0.121. The molecule has 112 valence electrons. The first-order valence-electron chi connectivity index (χ1n) is 6.13. The lowest BCUT2D eigenvalue weighted by Gasteiger charge is -2.14. The molecule has 0 aliphatic carbocycles. The van der Waals surface area contributed by atoms with Gasteiger partial charge in [-0.3, -0.25) is 9.69 Å². The molecule has 1 amide bonds. The van der Waals surface area contributed by atoms with Crippen LogP contribution in [-0.4, -0.2) is 44.3 Å². The smallest absolute Gasteiger partial charge is 0.276 e. The fraction of sp³-hybridized carbons (Fsp3) is 0.286. The van der Waals surface area contributed by atoms with Gasteiger partial charge in [0, 0.05) is 12.6 Å². The van der Waals surface area contributed by atoms with Gasteiger partial charge in [0.2, 0.25) is 5.75 Å². The first kappa shape index (κ1) is 15.1. The van der Waals surface area contributed by atoms with Gasteiger partial charge >= 0.3 is 0 Å². The number of methoxy groups -OCH3 is 3. The summed E-state index contributed by atoms with van der Waals surface area (Å²) in [5, 5.41) is 3.23. The van der Waals surface area contributed by atoms with E-state index >= 15 is 0 Å². The Labute approximate surface area is 128 Å². The number of nitrogens with zero attached hydrogens (tertiary/aromatic N) is 1.